The summed E-state index contributed by atoms with van der Waals surface area (Å²) in [7, 11) is 1.92. The Kier molecular flexibility index (Phi) is 5.16. The SMILES string of the molecule is Cn1ncc2ccc(-c3cc(Nc4ccc(C(N)=O)cc4)nc(N4CCOCC4)n3)cc21. The quantitative estimate of drug-likeness (QED) is 0.502. The molecule has 0 saturated carbocycles. The summed E-state index contributed by atoms with van der Waals surface area (Å²) in [6, 6.07) is 15.1. The highest BCUT2D eigenvalue weighted by Gasteiger charge is 2.17. The molecule has 1 amide bonds. The van der Waals surface area contributed by atoms with Gasteiger partial charge in [0.2, 0.25) is 11.9 Å². The molecular formula is C23H23N7O2. The number of nitrogens with one attached hydrogen (secondary N) is 1. The summed E-state index contributed by atoms with van der Waals surface area (Å²) in [5.41, 5.74) is 9.42. The van der Waals surface area contributed by atoms with Crippen LogP contribution in [0.25, 0.3) is 22.2 Å². The number of morpholine rings is 1. The van der Waals surface area contributed by atoms with Crippen LogP contribution in [0.5, 0.6) is 0 Å². The number of amides is 1. The zero-order valence-electron chi connectivity index (χ0n) is 17.7. The van der Waals surface area contributed by atoms with E-state index >= 15 is 0 Å². The molecule has 0 bridgehead atoms. The third-order valence-electron chi connectivity index (χ3n) is 5.49. The van der Waals surface area contributed by atoms with Crippen molar-refractivity contribution in [1.29, 1.82) is 0 Å². The van der Waals surface area contributed by atoms with Crippen LogP contribution >= 0.6 is 0 Å². The van der Waals surface area contributed by atoms with E-state index in [9.17, 15) is 4.79 Å². The zero-order valence-corrected chi connectivity index (χ0v) is 17.7. The Hall–Kier alpha value is -3.98. The summed E-state index contributed by atoms with van der Waals surface area (Å²) in [4.78, 5) is 23.1. The van der Waals surface area contributed by atoms with Crippen molar-refractivity contribution in [2.24, 2.45) is 12.8 Å². The summed E-state index contributed by atoms with van der Waals surface area (Å²) in [5.74, 6) is 0.849. The normalized spacial score (nSPS) is 14.0. The predicted molar refractivity (Wildman–Crippen MR) is 123 cm³/mol. The van der Waals surface area contributed by atoms with Crippen LogP contribution in [0.15, 0.2) is 54.7 Å². The lowest BCUT2D eigenvalue weighted by atomic mass is 10.1. The largest absolute Gasteiger partial charge is 0.378 e. The monoisotopic (exact) mass is 429 g/mol. The van der Waals surface area contributed by atoms with Crippen LogP contribution in [-0.2, 0) is 11.8 Å². The van der Waals surface area contributed by atoms with Gasteiger partial charge in [-0.3, -0.25) is 9.48 Å². The van der Waals surface area contributed by atoms with Gasteiger partial charge in [-0.25, -0.2) is 4.98 Å². The first-order chi connectivity index (χ1) is 15.6. The first-order valence-electron chi connectivity index (χ1n) is 10.4. The number of rotatable bonds is 5. The van der Waals surface area contributed by atoms with Gasteiger partial charge in [-0.15, -0.1) is 0 Å². The lowest BCUT2D eigenvalue weighted by Gasteiger charge is -2.27. The molecule has 0 unspecified atom stereocenters. The number of ether oxygens (including phenoxy) is 1. The standard InChI is InChI=1S/C23H23N7O2/c1-29-20-12-16(2-3-17(20)14-25-29)19-13-21(26-18-6-4-15(5-7-18)22(24)31)28-23(27-19)30-8-10-32-11-9-30/h2-7,12-14H,8-11H2,1H3,(H2,24,31)(H,26,27,28). The average molecular weight is 429 g/mol. The summed E-state index contributed by atoms with van der Waals surface area (Å²) < 4.78 is 7.33. The molecule has 0 atom stereocenters. The summed E-state index contributed by atoms with van der Waals surface area (Å²) in [6.07, 6.45) is 1.85. The van der Waals surface area contributed by atoms with Crippen LogP contribution in [0.3, 0.4) is 0 Å². The number of hydrogen-bond acceptors (Lipinski definition) is 7. The van der Waals surface area contributed by atoms with E-state index < -0.39 is 5.91 Å². The molecule has 9 heteroatoms. The van der Waals surface area contributed by atoms with Crippen molar-refractivity contribution in [3.63, 3.8) is 0 Å². The number of aromatic nitrogens is 4. The molecule has 0 radical (unpaired) electrons. The highest BCUT2D eigenvalue weighted by molar-refractivity contribution is 5.93. The second-order valence-corrected chi connectivity index (χ2v) is 7.65. The Labute approximate surface area is 184 Å². The number of benzene rings is 2. The number of nitrogens with zero attached hydrogens (tertiary/aromatic N) is 5. The molecule has 162 valence electrons. The van der Waals surface area contributed by atoms with E-state index in [1.165, 1.54) is 0 Å². The second-order valence-electron chi connectivity index (χ2n) is 7.65. The van der Waals surface area contributed by atoms with Crippen molar-refractivity contribution >= 4 is 34.3 Å². The molecule has 1 saturated heterocycles. The van der Waals surface area contributed by atoms with Gasteiger partial charge in [-0.2, -0.15) is 10.1 Å². The Morgan fingerprint density at radius 2 is 1.84 bits per heavy atom. The average Bonchev–Trinajstić information content (AvgIpc) is 3.20. The van der Waals surface area contributed by atoms with Gasteiger partial charge in [-0.05, 0) is 30.3 Å². The molecule has 4 aromatic rings. The Morgan fingerprint density at radius 3 is 2.59 bits per heavy atom. The van der Waals surface area contributed by atoms with Crippen molar-refractivity contribution in [3.05, 3.63) is 60.3 Å². The van der Waals surface area contributed by atoms with Crippen molar-refractivity contribution in [2.75, 3.05) is 36.5 Å². The van der Waals surface area contributed by atoms with Gasteiger partial charge in [0.1, 0.15) is 5.82 Å². The number of primary amides is 1. The number of anilines is 3. The van der Waals surface area contributed by atoms with E-state index in [1.807, 2.05) is 36.1 Å². The third-order valence-corrected chi connectivity index (χ3v) is 5.49. The van der Waals surface area contributed by atoms with Crippen LogP contribution in [0.2, 0.25) is 0 Å². The van der Waals surface area contributed by atoms with Gasteiger partial charge in [0.15, 0.2) is 0 Å². The maximum absolute atomic E-state index is 11.3. The van der Waals surface area contributed by atoms with Crippen molar-refractivity contribution in [2.45, 2.75) is 0 Å². The smallest absolute Gasteiger partial charge is 0.248 e. The molecule has 32 heavy (non-hydrogen) atoms. The van der Waals surface area contributed by atoms with E-state index in [0.717, 1.165) is 40.9 Å². The van der Waals surface area contributed by atoms with Crippen molar-refractivity contribution < 1.29 is 9.53 Å². The van der Waals surface area contributed by atoms with E-state index in [-0.39, 0.29) is 0 Å². The first-order valence-corrected chi connectivity index (χ1v) is 10.4. The molecule has 0 spiro atoms. The molecule has 2 aromatic carbocycles. The number of fused-ring (bicyclic) bond motifs is 1. The van der Waals surface area contributed by atoms with Gasteiger partial charge < -0.3 is 20.7 Å². The molecule has 5 rings (SSSR count). The summed E-state index contributed by atoms with van der Waals surface area (Å²) >= 11 is 0. The fourth-order valence-corrected chi connectivity index (χ4v) is 3.72. The van der Waals surface area contributed by atoms with Crippen LogP contribution in [0, 0.1) is 0 Å². The van der Waals surface area contributed by atoms with Crippen LogP contribution in [-0.4, -0.2) is 52.0 Å². The topological polar surface area (TPSA) is 111 Å². The zero-order chi connectivity index (χ0) is 22.1. The number of carbonyl (C=O) groups is 1. The summed E-state index contributed by atoms with van der Waals surface area (Å²) in [5, 5.41) is 8.73. The van der Waals surface area contributed by atoms with E-state index in [2.05, 4.69) is 21.4 Å². The number of aryl methyl sites for hydroxylation is 1. The van der Waals surface area contributed by atoms with Gasteiger partial charge >= 0.3 is 0 Å². The van der Waals surface area contributed by atoms with Gasteiger partial charge in [-0.1, -0.05) is 12.1 Å². The molecule has 1 fully saturated rings. The second kappa shape index (κ2) is 8.27. The van der Waals surface area contributed by atoms with E-state index in [0.29, 0.717) is 30.5 Å². The minimum Gasteiger partial charge on any atom is -0.378 e. The maximum Gasteiger partial charge on any atom is 0.248 e. The molecular weight excluding hydrogens is 406 g/mol. The number of carbonyl (C=O) groups excluding carboxylic acids is 1. The van der Waals surface area contributed by atoms with Gasteiger partial charge in [0.05, 0.1) is 30.6 Å². The molecule has 1 aliphatic rings. The fourth-order valence-electron chi connectivity index (χ4n) is 3.72. The van der Waals surface area contributed by atoms with Crippen LogP contribution < -0.4 is 16.0 Å². The van der Waals surface area contributed by atoms with Crippen LogP contribution in [0.4, 0.5) is 17.5 Å². The lowest BCUT2D eigenvalue weighted by molar-refractivity contribution is 0.100. The third kappa shape index (κ3) is 3.97. The molecule has 2 aromatic heterocycles. The Bertz CT molecular complexity index is 1280. The van der Waals surface area contributed by atoms with Crippen molar-refractivity contribution in [1.82, 2.24) is 19.7 Å². The fraction of sp³-hybridized carbons (Fsp3) is 0.217. The Morgan fingerprint density at radius 1 is 1.06 bits per heavy atom. The van der Waals surface area contributed by atoms with E-state index in [1.54, 1.807) is 24.3 Å². The maximum atomic E-state index is 11.3. The minimum atomic E-state index is -0.457. The lowest BCUT2D eigenvalue weighted by Crippen LogP contribution is -2.37. The molecule has 3 heterocycles. The van der Waals surface area contributed by atoms with Crippen LogP contribution in [0.1, 0.15) is 10.4 Å². The van der Waals surface area contributed by atoms with Gasteiger partial charge in [0, 0.05) is 48.4 Å². The highest BCUT2D eigenvalue weighted by atomic mass is 16.5. The molecule has 1 aliphatic heterocycles. The number of nitrogens with two attached hydrogens (primary N) is 1. The van der Waals surface area contributed by atoms with Crippen molar-refractivity contribution in [3.8, 4) is 11.3 Å². The number of hydrogen-bond donors (Lipinski definition) is 2. The molecule has 9 nitrogen and oxygen atoms in total. The highest BCUT2D eigenvalue weighted by Crippen LogP contribution is 2.28. The summed E-state index contributed by atoms with van der Waals surface area (Å²) in [6.45, 7) is 2.76. The molecule has 3 N–H and O–H groups in total. The Balaban J connectivity index is 1.54. The predicted octanol–water partition coefficient (Wildman–Crippen LogP) is 2.71. The first kappa shape index (κ1) is 20.0. The minimum absolute atomic E-state index is 0.456. The van der Waals surface area contributed by atoms with E-state index in [4.69, 9.17) is 20.4 Å². The molecule has 0 aliphatic carbocycles. The van der Waals surface area contributed by atoms with Gasteiger partial charge in [0.25, 0.3) is 0 Å².